The normalized spacial score (nSPS) is 19.6. The van der Waals surface area contributed by atoms with Crippen molar-refractivity contribution >= 4 is 0 Å². The highest BCUT2D eigenvalue weighted by atomic mass is 16.3. The Bertz CT molecular complexity index is 448. The van der Waals surface area contributed by atoms with Gasteiger partial charge in [-0.3, -0.25) is 0 Å². The van der Waals surface area contributed by atoms with E-state index in [0.717, 1.165) is 37.5 Å². The van der Waals surface area contributed by atoms with Gasteiger partial charge in [-0.25, -0.2) is 9.67 Å². The first-order chi connectivity index (χ1) is 7.92. The summed E-state index contributed by atoms with van der Waals surface area (Å²) in [6.07, 6.45) is 5.44. The van der Waals surface area contributed by atoms with Gasteiger partial charge in [-0.15, -0.1) is 0 Å². The molecular weight excluding hydrogens is 204 g/mol. The number of aromatic nitrogens is 3. The van der Waals surface area contributed by atoms with Gasteiger partial charge in [-0.2, -0.15) is 5.10 Å². The number of nitrogens with zero attached hydrogens (tertiary/aromatic N) is 3. The lowest BCUT2D eigenvalue weighted by atomic mass is 10.1. The van der Waals surface area contributed by atoms with Crippen LogP contribution in [0.2, 0.25) is 0 Å². The van der Waals surface area contributed by atoms with Crippen molar-refractivity contribution in [1.29, 1.82) is 0 Å². The first kappa shape index (κ1) is 9.59. The van der Waals surface area contributed by atoms with Crippen molar-refractivity contribution in [2.45, 2.75) is 32.0 Å². The van der Waals surface area contributed by atoms with Crippen LogP contribution in [0.5, 0.6) is 0 Å². The van der Waals surface area contributed by atoms with Crippen molar-refractivity contribution in [2.75, 3.05) is 0 Å². The van der Waals surface area contributed by atoms with E-state index in [9.17, 15) is 0 Å². The van der Waals surface area contributed by atoms with Crippen molar-refractivity contribution in [3.63, 3.8) is 0 Å². The number of hydrogen-bond donors (Lipinski definition) is 1. The Morgan fingerprint density at radius 1 is 1.56 bits per heavy atom. The fourth-order valence-electron chi connectivity index (χ4n) is 2.06. The number of furan rings is 1. The minimum atomic E-state index is 0.458. The minimum Gasteiger partial charge on any atom is -0.468 e. The molecule has 0 aromatic carbocycles. The van der Waals surface area contributed by atoms with Gasteiger partial charge in [0.05, 0.1) is 19.4 Å². The molecule has 0 saturated heterocycles. The number of hydrogen-bond acceptors (Lipinski definition) is 4. The van der Waals surface area contributed by atoms with E-state index < -0.39 is 0 Å². The van der Waals surface area contributed by atoms with Crippen LogP contribution >= 0.6 is 0 Å². The average Bonchev–Trinajstić information content (AvgIpc) is 2.97. The van der Waals surface area contributed by atoms with Crippen LogP contribution in [0.4, 0.5) is 0 Å². The second-order valence-electron chi connectivity index (χ2n) is 4.05. The van der Waals surface area contributed by atoms with E-state index in [1.54, 1.807) is 12.6 Å². The Morgan fingerprint density at radius 3 is 3.44 bits per heavy atom. The molecule has 0 radical (unpaired) electrons. The fraction of sp³-hybridized carbons (Fsp3) is 0.455. The van der Waals surface area contributed by atoms with Gasteiger partial charge >= 0.3 is 0 Å². The first-order valence-corrected chi connectivity index (χ1v) is 5.54. The molecule has 0 fully saturated rings. The number of nitrogens with one attached hydrogen (secondary N) is 1. The largest absolute Gasteiger partial charge is 0.468 e. The van der Waals surface area contributed by atoms with Gasteiger partial charge in [0, 0.05) is 12.5 Å². The van der Waals surface area contributed by atoms with E-state index >= 15 is 0 Å². The van der Waals surface area contributed by atoms with E-state index in [1.165, 1.54) is 0 Å². The molecule has 0 unspecified atom stereocenters. The van der Waals surface area contributed by atoms with E-state index in [4.69, 9.17) is 4.42 Å². The van der Waals surface area contributed by atoms with Gasteiger partial charge in [0.2, 0.25) is 0 Å². The van der Waals surface area contributed by atoms with Crippen molar-refractivity contribution in [1.82, 2.24) is 20.1 Å². The monoisotopic (exact) mass is 218 g/mol. The maximum Gasteiger partial charge on any atom is 0.138 e. The van der Waals surface area contributed by atoms with Crippen LogP contribution in [0.3, 0.4) is 0 Å². The number of fused-ring (bicyclic) bond motifs is 1. The zero-order valence-electron chi connectivity index (χ0n) is 8.97. The number of rotatable bonds is 3. The maximum atomic E-state index is 5.28. The molecular formula is C11H14N4O. The molecule has 84 valence electrons. The smallest absolute Gasteiger partial charge is 0.138 e. The van der Waals surface area contributed by atoms with Crippen LogP contribution in [0.15, 0.2) is 29.1 Å². The second kappa shape index (κ2) is 4.09. The summed E-state index contributed by atoms with van der Waals surface area (Å²) in [6, 6.07) is 4.35. The summed E-state index contributed by atoms with van der Waals surface area (Å²) in [4.78, 5) is 4.21. The highest BCUT2D eigenvalue weighted by molar-refractivity contribution is 4.98. The van der Waals surface area contributed by atoms with Crippen LogP contribution in [-0.4, -0.2) is 20.8 Å². The molecule has 3 rings (SSSR count). The Morgan fingerprint density at radius 2 is 2.56 bits per heavy atom. The van der Waals surface area contributed by atoms with Gasteiger partial charge in [-0.1, -0.05) is 0 Å². The predicted molar refractivity (Wildman–Crippen MR) is 57.7 cm³/mol. The lowest BCUT2D eigenvalue weighted by Gasteiger charge is -2.23. The summed E-state index contributed by atoms with van der Waals surface area (Å²) in [6.45, 7) is 1.68. The standard InChI is InChI=1S/C11H14N4O/c1-2-10(16-5-1)6-12-9-3-4-11-13-8-14-15(11)7-9/h1-2,5,8-9,12H,3-4,6-7H2/t9-/m0/s1. The molecule has 0 spiro atoms. The van der Waals surface area contributed by atoms with Gasteiger partial charge in [0.15, 0.2) is 0 Å². The summed E-state index contributed by atoms with van der Waals surface area (Å²) >= 11 is 0. The SMILES string of the molecule is c1coc(CN[C@H]2CCc3ncnn3C2)c1. The van der Waals surface area contributed by atoms with Crippen LogP contribution in [0, 0.1) is 0 Å². The molecule has 0 amide bonds. The highest BCUT2D eigenvalue weighted by Gasteiger charge is 2.19. The molecule has 1 aliphatic heterocycles. The molecule has 0 saturated carbocycles. The lowest BCUT2D eigenvalue weighted by Crippen LogP contribution is -2.37. The third kappa shape index (κ3) is 1.86. The van der Waals surface area contributed by atoms with Crippen LogP contribution in [0.25, 0.3) is 0 Å². The quantitative estimate of drug-likeness (QED) is 0.834. The lowest BCUT2D eigenvalue weighted by molar-refractivity contribution is 0.344. The summed E-state index contributed by atoms with van der Waals surface area (Å²) in [7, 11) is 0. The number of aryl methyl sites for hydroxylation is 1. The topological polar surface area (TPSA) is 55.9 Å². The zero-order chi connectivity index (χ0) is 10.8. The third-order valence-corrected chi connectivity index (χ3v) is 2.95. The summed E-state index contributed by atoms with van der Waals surface area (Å²) in [5.41, 5.74) is 0. The molecule has 5 heteroatoms. The van der Waals surface area contributed by atoms with Crippen molar-refractivity contribution in [2.24, 2.45) is 0 Å². The zero-order valence-corrected chi connectivity index (χ0v) is 8.97. The molecule has 2 aromatic rings. The summed E-state index contributed by atoms with van der Waals surface area (Å²) in [5.74, 6) is 2.07. The average molecular weight is 218 g/mol. The Kier molecular flexibility index (Phi) is 2.46. The third-order valence-electron chi connectivity index (χ3n) is 2.95. The Labute approximate surface area is 93.5 Å². The van der Waals surface area contributed by atoms with E-state index in [-0.39, 0.29) is 0 Å². The first-order valence-electron chi connectivity index (χ1n) is 5.54. The van der Waals surface area contributed by atoms with Crippen LogP contribution in [0.1, 0.15) is 18.0 Å². The molecule has 1 atom stereocenters. The molecule has 0 bridgehead atoms. The van der Waals surface area contributed by atoms with E-state index in [2.05, 4.69) is 15.4 Å². The maximum absolute atomic E-state index is 5.28. The Balaban J connectivity index is 1.58. The second-order valence-corrected chi connectivity index (χ2v) is 4.05. The fourth-order valence-corrected chi connectivity index (χ4v) is 2.06. The molecule has 5 nitrogen and oxygen atoms in total. The minimum absolute atomic E-state index is 0.458. The Hall–Kier alpha value is -1.62. The predicted octanol–water partition coefficient (Wildman–Crippen LogP) is 0.976. The summed E-state index contributed by atoms with van der Waals surface area (Å²) in [5, 5.41) is 7.67. The van der Waals surface area contributed by atoms with E-state index in [0.29, 0.717) is 6.04 Å². The summed E-state index contributed by atoms with van der Waals surface area (Å²) < 4.78 is 7.26. The highest BCUT2D eigenvalue weighted by Crippen LogP contribution is 2.12. The molecule has 0 aliphatic carbocycles. The molecule has 1 N–H and O–H groups in total. The molecule has 1 aliphatic rings. The van der Waals surface area contributed by atoms with Gasteiger partial charge in [0.25, 0.3) is 0 Å². The molecule has 3 heterocycles. The van der Waals surface area contributed by atoms with Crippen molar-refractivity contribution < 1.29 is 4.42 Å². The van der Waals surface area contributed by atoms with Crippen LogP contribution in [-0.2, 0) is 19.5 Å². The van der Waals surface area contributed by atoms with E-state index in [1.807, 2.05) is 16.8 Å². The van der Waals surface area contributed by atoms with Gasteiger partial charge in [-0.05, 0) is 18.6 Å². The van der Waals surface area contributed by atoms with Gasteiger partial charge in [0.1, 0.15) is 17.9 Å². The van der Waals surface area contributed by atoms with Gasteiger partial charge < -0.3 is 9.73 Å². The van der Waals surface area contributed by atoms with Crippen molar-refractivity contribution in [3.05, 3.63) is 36.3 Å². The molecule has 16 heavy (non-hydrogen) atoms. The molecule has 2 aromatic heterocycles. The van der Waals surface area contributed by atoms with Crippen LogP contribution < -0.4 is 5.32 Å². The van der Waals surface area contributed by atoms with Crippen molar-refractivity contribution in [3.8, 4) is 0 Å².